The van der Waals surface area contributed by atoms with Crippen molar-refractivity contribution < 1.29 is 4.79 Å². The Morgan fingerprint density at radius 2 is 2.21 bits per heavy atom. The van der Waals surface area contributed by atoms with Gasteiger partial charge < -0.3 is 15.5 Å². The summed E-state index contributed by atoms with van der Waals surface area (Å²) in [6.07, 6.45) is 0.468. The lowest BCUT2D eigenvalue weighted by molar-refractivity contribution is -0.128. The molecule has 5 nitrogen and oxygen atoms in total. The first-order valence-corrected chi connectivity index (χ1v) is 7.31. The van der Waals surface area contributed by atoms with Gasteiger partial charge in [-0.2, -0.15) is 11.3 Å². The number of aliphatic imine (C=N–C) groups is 1. The Morgan fingerprint density at radius 3 is 2.79 bits per heavy atom. The van der Waals surface area contributed by atoms with Crippen molar-refractivity contribution in [2.75, 3.05) is 27.2 Å². The summed E-state index contributed by atoms with van der Waals surface area (Å²) in [4.78, 5) is 17.5. The molecule has 106 valence electrons. The molecule has 0 fully saturated rings. The number of thiophene rings is 1. The smallest absolute Gasteiger partial charge is 0.223 e. The van der Waals surface area contributed by atoms with Crippen LogP contribution in [0.15, 0.2) is 21.8 Å². The highest BCUT2D eigenvalue weighted by atomic mass is 32.1. The van der Waals surface area contributed by atoms with Crippen LogP contribution in [0.4, 0.5) is 0 Å². The van der Waals surface area contributed by atoms with Gasteiger partial charge in [0, 0.05) is 33.6 Å². The minimum Gasteiger partial charge on any atom is -0.357 e. The van der Waals surface area contributed by atoms with Crippen molar-refractivity contribution in [3.8, 4) is 0 Å². The van der Waals surface area contributed by atoms with E-state index in [1.54, 1.807) is 30.3 Å². The summed E-state index contributed by atoms with van der Waals surface area (Å²) < 4.78 is 0. The van der Waals surface area contributed by atoms with Crippen molar-refractivity contribution in [1.29, 1.82) is 0 Å². The number of guanidine groups is 1. The van der Waals surface area contributed by atoms with Gasteiger partial charge in [-0.1, -0.05) is 0 Å². The van der Waals surface area contributed by atoms with Crippen molar-refractivity contribution in [3.05, 3.63) is 22.4 Å². The van der Waals surface area contributed by atoms with Crippen LogP contribution in [-0.4, -0.2) is 44.0 Å². The number of amides is 1. The quantitative estimate of drug-likeness (QED) is 0.610. The zero-order chi connectivity index (χ0) is 14.1. The zero-order valence-corrected chi connectivity index (χ0v) is 12.6. The molecule has 1 heterocycles. The van der Waals surface area contributed by atoms with Gasteiger partial charge in [0.1, 0.15) is 0 Å². The normalized spacial score (nSPS) is 11.2. The van der Waals surface area contributed by atoms with Crippen molar-refractivity contribution in [2.24, 2.45) is 4.99 Å². The Labute approximate surface area is 118 Å². The van der Waals surface area contributed by atoms with Crippen molar-refractivity contribution in [1.82, 2.24) is 15.5 Å². The molecule has 0 spiro atoms. The van der Waals surface area contributed by atoms with Gasteiger partial charge in [-0.3, -0.25) is 4.79 Å². The molecule has 1 amide bonds. The Kier molecular flexibility index (Phi) is 6.95. The van der Waals surface area contributed by atoms with Crippen LogP contribution >= 0.6 is 11.3 Å². The lowest BCUT2D eigenvalue weighted by atomic mass is 10.3. The second-order valence-corrected chi connectivity index (χ2v) is 5.07. The van der Waals surface area contributed by atoms with Crippen molar-refractivity contribution in [3.63, 3.8) is 0 Å². The molecule has 0 atom stereocenters. The Balaban J connectivity index is 2.39. The summed E-state index contributed by atoms with van der Waals surface area (Å²) in [5, 5.41) is 10.5. The highest BCUT2D eigenvalue weighted by molar-refractivity contribution is 7.07. The topological polar surface area (TPSA) is 56.7 Å². The molecule has 1 rings (SSSR count). The van der Waals surface area contributed by atoms with E-state index in [0.717, 1.165) is 12.5 Å². The summed E-state index contributed by atoms with van der Waals surface area (Å²) in [6, 6.07) is 2.06. The molecule has 1 aromatic heterocycles. The van der Waals surface area contributed by atoms with E-state index in [9.17, 15) is 4.79 Å². The predicted octanol–water partition coefficient (Wildman–Crippen LogP) is 1.28. The van der Waals surface area contributed by atoms with Gasteiger partial charge in [0.2, 0.25) is 5.91 Å². The van der Waals surface area contributed by atoms with E-state index in [0.29, 0.717) is 19.5 Å². The van der Waals surface area contributed by atoms with Crippen molar-refractivity contribution >= 4 is 23.2 Å². The summed E-state index contributed by atoms with van der Waals surface area (Å²) in [7, 11) is 3.52. The molecule has 0 radical (unpaired) electrons. The van der Waals surface area contributed by atoms with Crippen LogP contribution < -0.4 is 10.6 Å². The Bertz CT molecular complexity index is 401. The second kappa shape index (κ2) is 8.53. The number of hydrogen-bond acceptors (Lipinski definition) is 3. The maximum atomic E-state index is 11.5. The van der Waals surface area contributed by atoms with Crippen LogP contribution in [0.5, 0.6) is 0 Å². The van der Waals surface area contributed by atoms with Gasteiger partial charge in [-0.25, -0.2) is 4.99 Å². The molecule has 6 heteroatoms. The molecule has 0 saturated heterocycles. The fourth-order valence-corrected chi connectivity index (χ4v) is 2.07. The van der Waals surface area contributed by atoms with Gasteiger partial charge in [-0.05, 0) is 29.3 Å². The van der Waals surface area contributed by atoms with Gasteiger partial charge >= 0.3 is 0 Å². The van der Waals surface area contributed by atoms with E-state index in [2.05, 4.69) is 27.1 Å². The third-order valence-corrected chi connectivity index (χ3v) is 3.21. The summed E-state index contributed by atoms with van der Waals surface area (Å²) in [5.41, 5.74) is 1.20. The number of nitrogens with one attached hydrogen (secondary N) is 2. The monoisotopic (exact) mass is 282 g/mol. The molecule has 2 N–H and O–H groups in total. The molecule has 0 aliphatic heterocycles. The number of hydrogen-bond donors (Lipinski definition) is 2. The number of carbonyl (C=O) groups is 1. The molecule has 0 saturated carbocycles. The van der Waals surface area contributed by atoms with Crippen LogP contribution in [0.25, 0.3) is 0 Å². The lowest BCUT2D eigenvalue weighted by Gasteiger charge is -2.13. The fraction of sp³-hybridized carbons (Fsp3) is 0.538. The van der Waals surface area contributed by atoms with E-state index in [1.165, 1.54) is 5.56 Å². The first kappa shape index (κ1) is 15.5. The average molecular weight is 282 g/mol. The molecule has 1 aromatic rings. The fourth-order valence-electron chi connectivity index (χ4n) is 1.41. The minimum absolute atomic E-state index is 0.112. The highest BCUT2D eigenvalue weighted by Gasteiger charge is 2.04. The maximum Gasteiger partial charge on any atom is 0.223 e. The van der Waals surface area contributed by atoms with E-state index in [1.807, 2.05) is 12.3 Å². The minimum atomic E-state index is 0.112. The highest BCUT2D eigenvalue weighted by Crippen LogP contribution is 2.06. The van der Waals surface area contributed by atoms with Gasteiger partial charge in [0.25, 0.3) is 0 Å². The molecular weight excluding hydrogens is 260 g/mol. The molecule has 0 bridgehead atoms. The zero-order valence-electron chi connectivity index (χ0n) is 11.8. The molecule has 19 heavy (non-hydrogen) atoms. The van der Waals surface area contributed by atoms with Crippen LogP contribution in [0.1, 0.15) is 18.9 Å². The van der Waals surface area contributed by atoms with Crippen LogP contribution in [0, 0.1) is 0 Å². The van der Waals surface area contributed by atoms with E-state index in [4.69, 9.17) is 0 Å². The first-order valence-electron chi connectivity index (χ1n) is 6.37. The third-order valence-electron chi connectivity index (χ3n) is 2.47. The summed E-state index contributed by atoms with van der Waals surface area (Å²) >= 11 is 1.67. The van der Waals surface area contributed by atoms with E-state index in [-0.39, 0.29) is 5.91 Å². The Morgan fingerprint density at radius 1 is 1.42 bits per heavy atom. The number of carbonyl (C=O) groups excluding carboxylic acids is 1. The van der Waals surface area contributed by atoms with E-state index < -0.39 is 0 Å². The molecule has 0 unspecified atom stereocenters. The lowest BCUT2D eigenvalue weighted by Crippen LogP contribution is -2.39. The summed E-state index contributed by atoms with van der Waals surface area (Å²) in [6.45, 7) is 4.07. The number of nitrogens with zero attached hydrogens (tertiary/aromatic N) is 2. The number of rotatable bonds is 6. The third kappa shape index (κ3) is 6.24. The summed E-state index contributed by atoms with van der Waals surface area (Å²) in [5.74, 6) is 0.862. The van der Waals surface area contributed by atoms with E-state index >= 15 is 0 Å². The van der Waals surface area contributed by atoms with Gasteiger partial charge in [0.05, 0.1) is 6.54 Å². The predicted molar refractivity (Wildman–Crippen MR) is 80.4 cm³/mol. The van der Waals surface area contributed by atoms with Crippen LogP contribution in [0.3, 0.4) is 0 Å². The van der Waals surface area contributed by atoms with Crippen LogP contribution in [0.2, 0.25) is 0 Å². The SMILES string of the molecule is CCNC(=NCc1ccsc1)NCCC(=O)N(C)C. The van der Waals surface area contributed by atoms with Crippen LogP contribution in [-0.2, 0) is 11.3 Å². The second-order valence-electron chi connectivity index (χ2n) is 4.29. The molecule has 0 aliphatic carbocycles. The maximum absolute atomic E-state index is 11.5. The largest absolute Gasteiger partial charge is 0.357 e. The average Bonchev–Trinajstić information content (AvgIpc) is 2.88. The molecular formula is C13H22N4OS. The van der Waals surface area contributed by atoms with Gasteiger partial charge in [-0.15, -0.1) is 0 Å². The molecule has 0 aromatic carbocycles. The molecule has 0 aliphatic rings. The van der Waals surface area contributed by atoms with Gasteiger partial charge in [0.15, 0.2) is 5.96 Å². The first-order chi connectivity index (χ1) is 9.13. The van der Waals surface area contributed by atoms with Crippen molar-refractivity contribution in [2.45, 2.75) is 19.9 Å². The Hall–Kier alpha value is -1.56. The standard InChI is InChI=1S/C13H22N4OS/c1-4-14-13(15-7-5-12(18)17(2)3)16-9-11-6-8-19-10-11/h6,8,10H,4-5,7,9H2,1-3H3,(H2,14,15,16).